The summed E-state index contributed by atoms with van der Waals surface area (Å²) in [6.45, 7) is 6.16. The van der Waals surface area contributed by atoms with Crippen molar-refractivity contribution < 1.29 is 19.5 Å². The second-order valence-electron chi connectivity index (χ2n) is 7.58. The van der Waals surface area contributed by atoms with E-state index < -0.39 is 5.91 Å². The average Bonchev–Trinajstić information content (AvgIpc) is 2.76. The smallest absolute Gasteiger partial charge is 0.321 e. The first-order chi connectivity index (χ1) is 14.4. The highest BCUT2D eigenvalue weighted by molar-refractivity contribution is 5.93. The van der Waals surface area contributed by atoms with Gasteiger partial charge >= 0.3 is 6.03 Å². The zero-order chi connectivity index (χ0) is 21.7. The molecule has 160 valence electrons. The first kappa shape index (κ1) is 21.6. The van der Waals surface area contributed by atoms with Gasteiger partial charge in [0.05, 0.1) is 7.11 Å². The molecule has 0 spiro atoms. The Kier molecular flexibility index (Phi) is 6.91. The van der Waals surface area contributed by atoms with Crippen LogP contribution in [-0.4, -0.2) is 59.2 Å². The predicted octanol–water partition coefficient (Wildman–Crippen LogP) is 2.94. The second kappa shape index (κ2) is 9.60. The molecular formula is C22H28N4O4. The zero-order valence-corrected chi connectivity index (χ0v) is 17.5. The Morgan fingerprint density at radius 2 is 1.77 bits per heavy atom. The van der Waals surface area contributed by atoms with Crippen LogP contribution in [0, 0.1) is 0 Å². The van der Waals surface area contributed by atoms with E-state index in [1.54, 1.807) is 30.8 Å². The van der Waals surface area contributed by atoms with Crippen molar-refractivity contribution in [1.82, 2.24) is 15.3 Å². The summed E-state index contributed by atoms with van der Waals surface area (Å²) in [4.78, 5) is 28.4. The number of rotatable bonds is 5. The number of anilines is 1. The lowest BCUT2D eigenvalue weighted by Gasteiger charge is -2.44. The molecule has 30 heavy (non-hydrogen) atoms. The molecule has 1 aliphatic rings. The summed E-state index contributed by atoms with van der Waals surface area (Å²) >= 11 is 0. The third-order valence-corrected chi connectivity index (χ3v) is 5.39. The Balaban J connectivity index is 1.60. The molecule has 1 fully saturated rings. The van der Waals surface area contributed by atoms with Gasteiger partial charge in [-0.25, -0.2) is 10.3 Å². The lowest BCUT2D eigenvalue weighted by Crippen LogP contribution is -2.58. The number of nitrogens with one attached hydrogen (secondary N) is 2. The van der Waals surface area contributed by atoms with Gasteiger partial charge in [-0.3, -0.25) is 14.9 Å². The molecule has 8 heteroatoms. The number of hydrogen-bond donors (Lipinski definition) is 3. The highest BCUT2D eigenvalue weighted by atomic mass is 16.5. The van der Waals surface area contributed by atoms with Gasteiger partial charge < -0.3 is 15.0 Å². The summed E-state index contributed by atoms with van der Waals surface area (Å²) < 4.78 is 5.21. The molecule has 1 aliphatic heterocycles. The molecule has 3 N–H and O–H groups in total. The van der Waals surface area contributed by atoms with Crippen molar-refractivity contribution in [2.24, 2.45) is 0 Å². The maximum atomic E-state index is 12.8. The molecular weight excluding hydrogens is 384 g/mol. The number of amides is 3. The fourth-order valence-corrected chi connectivity index (χ4v) is 3.77. The van der Waals surface area contributed by atoms with Crippen LogP contribution in [0.2, 0.25) is 0 Å². The highest BCUT2D eigenvalue weighted by Gasteiger charge is 2.31. The van der Waals surface area contributed by atoms with E-state index in [4.69, 9.17) is 9.94 Å². The Bertz CT molecular complexity index is 875. The summed E-state index contributed by atoms with van der Waals surface area (Å²) in [7, 11) is 1.60. The van der Waals surface area contributed by atoms with E-state index in [9.17, 15) is 9.59 Å². The molecule has 0 radical (unpaired) electrons. The molecule has 2 aromatic carbocycles. The van der Waals surface area contributed by atoms with Crippen molar-refractivity contribution in [3.05, 3.63) is 59.7 Å². The van der Waals surface area contributed by atoms with Gasteiger partial charge in [0.15, 0.2) is 0 Å². The summed E-state index contributed by atoms with van der Waals surface area (Å²) in [6.07, 6.45) is 0. The van der Waals surface area contributed by atoms with Gasteiger partial charge in [-0.15, -0.1) is 0 Å². The molecule has 0 saturated carbocycles. The Morgan fingerprint density at radius 1 is 1.10 bits per heavy atom. The van der Waals surface area contributed by atoms with Crippen LogP contribution in [0.25, 0.3) is 0 Å². The molecule has 0 bridgehead atoms. The zero-order valence-electron chi connectivity index (χ0n) is 17.5. The third-order valence-electron chi connectivity index (χ3n) is 5.39. The first-order valence-corrected chi connectivity index (χ1v) is 9.90. The number of hydrogen-bond acceptors (Lipinski definition) is 5. The third kappa shape index (κ3) is 5.08. The largest absolute Gasteiger partial charge is 0.497 e. The van der Waals surface area contributed by atoms with E-state index >= 15 is 0 Å². The van der Waals surface area contributed by atoms with Crippen LogP contribution in [0.3, 0.4) is 0 Å². The normalized spacial score (nSPS) is 19.3. The number of urea groups is 1. The van der Waals surface area contributed by atoms with Crippen LogP contribution >= 0.6 is 0 Å². The van der Waals surface area contributed by atoms with Crippen LogP contribution in [-0.2, 0) is 6.54 Å². The molecule has 3 rings (SSSR count). The summed E-state index contributed by atoms with van der Waals surface area (Å²) in [5.41, 5.74) is 3.81. The van der Waals surface area contributed by atoms with E-state index in [0.717, 1.165) is 5.56 Å². The molecule has 0 aliphatic carbocycles. The summed E-state index contributed by atoms with van der Waals surface area (Å²) in [5, 5.41) is 11.7. The molecule has 8 nitrogen and oxygen atoms in total. The monoisotopic (exact) mass is 412 g/mol. The van der Waals surface area contributed by atoms with E-state index in [2.05, 4.69) is 24.1 Å². The van der Waals surface area contributed by atoms with Crippen molar-refractivity contribution in [2.45, 2.75) is 32.5 Å². The Labute approximate surface area is 176 Å². The van der Waals surface area contributed by atoms with Gasteiger partial charge in [0, 0.05) is 49.0 Å². The quantitative estimate of drug-likeness (QED) is 0.519. The van der Waals surface area contributed by atoms with Crippen molar-refractivity contribution in [2.75, 3.05) is 25.5 Å². The second-order valence-corrected chi connectivity index (χ2v) is 7.58. The van der Waals surface area contributed by atoms with Crippen molar-refractivity contribution in [1.29, 1.82) is 0 Å². The van der Waals surface area contributed by atoms with Gasteiger partial charge in [0.2, 0.25) is 0 Å². The molecule has 1 unspecified atom stereocenters. The number of carbonyl (C=O) groups is 2. The van der Waals surface area contributed by atoms with Gasteiger partial charge in [-0.2, -0.15) is 0 Å². The minimum atomic E-state index is -0.529. The predicted molar refractivity (Wildman–Crippen MR) is 114 cm³/mol. The summed E-state index contributed by atoms with van der Waals surface area (Å²) in [5.74, 6) is 0.167. The van der Waals surface area contributed by atoms with Gasteiger partial charge in [0.1, 0.15) is 5.75 Å². The number of benzene rings is 2. The molecule has 2 atom stereocenters. The van der Waals surface area contributed by atoms with Crippen molar-refractivity contribution in [3.63, 3.8) is 0 Å². The Hall–Kier alpha value is -3.10. The molecule has 1 heterocycles. The number of piperazine rings is 1. The fourth-order valence-electron chi connectivity index (χ4n) is 3.77. The number of methoxy groups -OCH3 is 1. The minimum Gasteiger partial charge on any atom is -0.497 e. The molecule has 1 saturated heterocycles. The topological polar surface area (TPSA) is 94.1 Å². The van der Waals surface area contributed by atoms with E-state index in [-0.39, 0.29) is 18.1 Å². The van der Waals surface area contributed by atoms with Crippen LogP contribution in [0.4, 0.5) is 10.5 Å². The maximum absolute atomic E-state index is 12.8. The average molecular weight is 412 g/mol. The van der Waals surface area contributed by atoms with E-state index in [1.165, 1.54) is 0 Å². The minimum absolute atomic E-state index is 0.124. The van der Waals surface area contributed by atoms with Crippen LogP contribution < -0.4 is 15.5 Å². The van der Waals surface area contributed by atoms with E-state index in [0.29, 0.717) is 36.6 Å². The lowest BCUT2D eigenvalue weighted by atomic mass is 10.1. The van der Waals surface area contributed by atoms with Gasteiger partial charge in [0.25, 0.3) is 5.91 Å². The Morgan fingerprint density at radius 3 is 2.37 bits per heavy atom. The van der Waals surface area contributed by atoms with Crippen molar-refractivity contribution >= 4 is 17.6 Å². The SMILES string of the molecule is COc1cccc(NC(=O)N2CC(C)N(Cc3ccc(C(=O)NO)cc3)[C@@H](C)C2)c1. The lowest BCUT2D eigenvalue weighted by molar-refractivity contribution is 0.0526. The number of hydroxylamine groups is 1. The summed E-state index contributed by atoms with van der Waals surface area (Å²) in [6, 6.07) is 14.7. The van der Waals surface area contributed by atoms with Crippen LogP contribution in [0.1, 0.15) is 29.8 Å². The van der Waals surface area contributed by atoms with E-state index in [1.807, 2.05) is 35.2 Å². The number of carbonyl (C=O) groups excluding carboxylic acids is 2. The number of ether oxygens (including phenoxy) is 1. The van der Waals surface area contributed by atoms with Crippen LogP contribution in [0.5, 0.6) is 5.75 Å². The van der Waals surface area contributed by atoms with Gasteiger partial charge in [-0.05, 0) is 43.7 Å². The molecule has 3 amide bonds. The number of nitrogens with zero attached hydrogens (tertiary/aromatic N) is 2. The standard InChI is InChI=1S/C22H28N4O4/c1-15-12-25(22(28)23-19-5-4-6-20(11-19)30-3)13-16(2)26(15)14-17-7-9-18(10-8-17)21(27)24-29/h4-11,15-16,29H,12-14H2,1-3H3,(H,23,28)(H,24,27)/t15-,16?/m0/s1. The maximum Gasteiger partial charge on any atom is 0.321 e. The molecule has 2 aromatic rings. The van der Waals surface area contributed by atoms with Gasteiger partial charge in [-0.1, -0.05) is 18.2 Å². The van der Waals surface area contributed by atoms with Crippen molar-refractivity contribution in [3.8, 4) is 5.75 Å². The van der Waals surface area contributed by atoms with Crippen LogP contribution in [0.15, 0.2) is 48.5 Å². The molecule has 0 aromatic heterocycles. The fraction of sp³-hybridized carbons (Fsp3) is 0.364. The first-order valence-electron chi connectivity index (χ1n) is 9.90. The highest BCUT2D eigenvalue weighted by Crippen LogP contribution is 2.21.